The summed E-state index contributed by atoms with van der Waals surface area (Å²) in [7, 11) is 11.3. The summed E-state index contributed by atoms with van der Waals surface area (Å²) in [6.07, 6.45) is 4.39. The van der Waals surface area contributed by atoms with E-state index in [2.05, 4.69) is 51.8 Å². The van der Waals surface area contributed by atoms with E-state index in [0.29, 0.717) is 90.2 Å². The summed E-state index contributed by atoms with van der Waals surface area (Å²) in [4.78, 5) is 91.0. The zero-order valence-electron chi connectivity index (χ0n) is 74.6. The Balaban J connectivity index is 0.00000153. The number of nitrogens with zero attached hydrogens (tertiary/aromatic N) is 10. The molecule has 716 valence electrons. The number of alkyl halides is 1. The van der Waals surface area contributed by atoms with E-state index < -0.39 is 76.9 Å². The van der Waals surface area contributed by atoms with Crippen LogP contribution in [-0.4, -0.2) is 341 Å². The molecule has 0 unspecified atom stereocenters. The molecule has 50 heteroatoms. The number of thioether (sulfide) groups is 5. The minimum absolute atomic E-state index is 0.0239. The van der Waals surface area contributed by atoms with Crippen molar-refractivity contribution >= 4 is 184 Å². The minimum atomic E-state index is -4.05. The number of carbonyl (C=O) groups is 4. The van der Waals surface area contributed by atoms with Gasteiger partial charge in [-0.05, 0) is 76.7 Å². The number of nitro groups is 2. The third-order valence-electron chi connectivity index (χ3n) is 15.6. The zero-order chi connectivity index (χ0) is 99.1. The van der Waals surface area contributed by atoms with Gasteiger partial charge in [0.1, 0.15) is 11.6 Å². The number of amides is 2. The number of primary sulfonamides is 2. The number of halogens is 2. The molecule has 2 amide bonds. The molecular weight excluding hydrogens is 1870 g/mol. The summed E-state index contributed by atoms with van der Waals surface area (Å²) >= 11 is 13.3. The van der Waals surface area contributed by atoms with Gasteiger partial charge in [-0.15, -0.1) is 35.1 Å². The maximum absolute atomic E-state index is 12.7. The van der Waals surface area contributed by atoms with Gasteiger partial charge in [0.05, 0.1) is 52.1 Å². The number of methoxy groups -OCH3 is 2. The standard InChI is InChI=1S/C19H26N4O5S2.C14H19BN2O3S.C13H22N2OS.C11H12BNO3S.C10H12BNO2S.C6H5FN2O4S.C5H8BNO4.C4H8ClNO/c1-22(2)10-11-28-13-15(14-29-16-6-4-3-5-7-16)21-18-9-8-17(30(20,26)27)12-19(18)23(24)25;1-17(2)14(18)9-20-8-12(16-11-15-19)10-21-13-6-4-3-5-7-13;1-15(2)8-9-16-10-12(14)11-17-13-6-4-3-5-7-13;1-16-11(14)10(13-8-12-15)7-17-9-5-3-2-4-6-9;13-6-9(12-8-11-14)7-15-10-4-2-1-3-5-10;7-5-2-1-4(14(8,12)13)3-6(5)9(10)11;1-11-5(9)4(2-8)7-3-6-10;1-6(2)4(7)3-5/h3-9,12,15,21H,10-11,13-14H2,1-2H3,(H2,20,26,27);3-7,11-12H,8-10H2,1-2H3;3-7,12H,8-11,14H2,1-2H3;2-6,8,10H,7H2,1H3;1-5,8-9,13H,6-7H2;1-3H,(H2,8,12,13);3-4,8H,2H2,1H3;3H2,1-2H3/t15-;2*12-;10-;9-;;4-;/m11101.0./s1. The molecule has 0 bridgehead atoms. The van der Waals surface area contributed by atoms with Gasteiger partial charge in [-0.2, -0.15) is 4.39 Å². The molecule has 6 atom stereocenters. The van der Waals surface area contributed by atoms with E-state index in [1.54, 1.807) is 75.2 Å². The second-order valence-electron chi connectivity index (χ2n) is 27.1. The number of aliphatic hydroxyl groups excluding tert-OH is 2. The van der Waals surface area contributed by atoms with E-state index in [4.69, 9.17) is 52.0 Å². The van der Waals surface area contributed by atoms with Crippen LogP contribution < -0.4 is 21.3 Å². The number of carbonyl (C=O) groups excluding carboxylic acids is 4. The number of aliphatic imine (C=N–C) groups is 4. The molecular formula is C82H112B4ClFN14O23S7. The van der Waals surface area contributed by atoms with Crippen molar-refractivity contribution in [1.29, 1.82) is 0 Å². The fourth-order valence-electron chi connectivity index (χ4n) is 8.69. The molecule has 0 aliphatic rings. The van der Waals surface area contributed by atoms with Crippen molar-refractivity contribution in [3.8, 4) is 0 Å². The fourth-order valence-corrected chi connectivity index (χ4v) is 14.5. The maximum atomic E-state index is 12.7. The number of ether oxygens (including phenoxy) is 5. The Kier molecular flexibility index (Phi) is 69.7. The van der Waals surface area contributed by atoms with Gasteiger partial charge < -0.3 is 35.2 Å². The van der Waals surface area contributed by atoms with Gasteiger partial charge in [-0.1, -0.05) is 36.4 Å². The number of benzene rings is 7. The molecule has 7 aromatic rings. The monoisotopic (exact) mass is 1980 g/mol. The quantitative estimate of drug-likeness (QED) is 0.00318. The molecule has 0 spiro atoms. The summed E-state index contributed by atoms with van der Waals surface area (Å²) in [6, 6.07) is 53.1. The number of anilines is 1. The second kappa shape index (κ2) is 75.0. The van der Waals surface area contributed by atoms with Crippen LogP contribution in [0.4, 0.5) is 21.5 Å². The number of rotatable bonds is 48. The average Bonchev–Trinajstić information content (AvgIpc) is 0.830. The normalized spacial score (nSPS) is 12.1. The Labute approximate surface area is 798 Å². The van der Waals surface area contributed by atoms with Crippen LogP contribution in [0.5, 0.6) is 0 Å². The first-order chi connectivity index (χ1) is 62.9. The number of aliphatic hydroxyl groups is 2. The van der Waals surface area contributed by atoms with E-state index in [1.165, 1.54) is 65.0 Å². The van der Waals surface area contributed by atoms with Crippen molar-refractivity contribution in [2.75, 3.05) is 177 Å². The van der Waals surface area contributed by atoms with E-state index in [9.17, 15) is 79.5 Å². The van der Waals surface area contributed by atoms with Crippen molar-refractivity contribution in [3.63, 3.8) is 0 Å². The van der Waals surface area contributed by atoms with E-state index in [0.717, 1.165) is 69.4 Å². The van der Waals surface area contributed by atoms with Gasteiger partial charge in [0.15, 0.2) is 0 Å². The molecule has 0 heterocycles. The van der Waals surface area contributed by atoms with Crippen molar-refractivity contribution < 1.29 is 103 Å². The number of nitrogens with two attached hydrogens (primary N) is 3. The number of esters is 2. The van der Waals surface area contributed by atoms with Gasteiger partial charge in [0, 0.05) is 66.7 Å². The zero-order valence-corrected chi connectivity index (χ0v) is 81.1. The SMILES string of the molecule is CN(C)C(=O)CCl.CN(C)C(=O)COC[C@H](CSc1ccccc1)N=CB=O.CN(C)CCOC[C@@H](N)CSc1ccccc1.CN(C)CCOC[C@H](CSc1ccccc1)Nc1ccc(S(N)(=O)=O)cc1[N+](=O)[O-].COC(=O)[C@H](CO)N=CB=O.COC(=O)[C@H](CSc1ccccc1)N=CB=O.NS(=O)(=O)c1ccc(F)c([N+](=O)[O-])c1.O=BC=N[C@H](CO)CSc1ccccc1. The molecule has 0 radical (unpaired) electrons. The Morgan fingerprint density at radius 2 is 0.856 bits per heavy atom. The summed E-state index contributed by atoms with van der Waals surface area (Å²) in [5, 5.41) is 52.2. The van der Waals surface area contributed by atoms with Crippen LogP contribution in [0.25, 0.3) is 0 Å². The molecule has 0 saturated carbocycles. The van der Waals surface area contributed by atoms with Crippen LogP contribution in [0.1, 0.15) is 0 Å². The first-order valence-electron chi connectivity index (χ1n) is 39.3. The Morgan fingerprint density at radius 1 is 0.492 bits per heavy atom. The van der Waals surface area contributed by atoms with Crippen molar-refractivity contribution in [2.45, 2.75) is 70.5 Å². The second-order valence-corrected chi connectivity index (χ2v) is 35.9. The van der Waals surface area contributed by atoms with Crippen LogP contribution in [-0.2, 0) is 81.7 Å². The molecule has 0 saturated heterocycles. The van der Waals surface area contributed by atoms with Crippen LogP contribution in [0.15, 0.2) is 242 Å². The topological polar surface area (TPSA) is 530 Å². The summed E-state index contributed by atoms with van der Waals surface area (Å²) in [5.41, 5.74) is 4.91. The van der Waals surface area contributed by atoms with Gasteiger partial charge in [0.25, 0.3) is 5.69 Å². The van der Waals surface area contributed by atoms with E-state index in [-0.39, 0.29) is 71.3 Å². The number of likely N-dealkylation sites (N-methyl/N-ethyl adjacent to an activating group) is 3. The summed E-state index contributed by atoms with van der Waals surface area (Å²) in [5.74, 6) is 1.01. The first-order valence-corrected chi connectivity index (χ1v) is 47.9. The van der Waals surface area contributed by atoms with Gasteiger partial charge in [-0.3, -0.25) is 25.0 Å². The number of nitrogens with one attached hydrogen (secondary N) is 1. The molecule has 7 aromatic carbocycles. The molecule has 9 N–H and O–H groups in total. The van der Waals surface area contributed by atoms with Crippen molar-refractivity contribution in [2.24, 2.45) is 36.0 Å². The molecule has 37 nitrogen and oxygen atoms in total. The number of nitro benzene ring substituents is 2. The molecule has 0 aliphatic carbocycles. The fraction of sp³-hybridized carbons (Fsp3) is 0.390. The average molecular weight is 1980 g/mol. The van der Waals surface area contributed by atoms with Crippen LogP contribution in [0.3, 0.4) is 0 Å². The van der Waals surface area contributed by atoms with Crippen molar-refractivity contribution in [3.05, 3.63) is 214 Å². The van der Waals surface area contributed by atoms with Crippen LogP contribution in [0.2, 0.25) is 0 Å². The van der Waals surface area contributed by atoms with Gasteiger partial charge >= 0.3 is 396 Å². The predicted octanol–water partition coefficient (Wildman–Crippen LogP) is 7.32. The summed E-state index contributed by atoms with van der Waals surface area (Å²) < 4.78 is 123. The molecule has 7 rings (SSSR count). The first kappa shape index (κ1) is 123. The van der Waals surface area contributed by atoms with Gasteiger partial charge in [-0.25, -0.2) is 27.1 Å². The van der Waals surface area contributed by atoms with Gasteiger partial charge in [0.2, 0.25) is 31.8 Å². The Morgan fingerprint density at radius 3 is 1.23 bits per heavy atom. The molecule has 0 aromatic heterocycles. The van der Waals surface area contributed by atoms with E-state index >= 15 is 0 Å². The van der Waals surface area contributed by atoms with Crippen LogP contribution >= 0.6 is 70.4 Å². The number of sulfonamides is 2. The third kappa shape index (κ3) is 61.4. The molecule has 0 fully saturated rings. The molecule has 132 heavy (non-hydrogen) atoms. The predicted molar refractivity (Wildman–Crippen MR) is 521 cm³/mol. The molecule has 0 aliphatic heterocycles. The third-order valence-corrected chi connectivity index (χ3v) is 23.4. The number of hydrogen-bond donors (Lipinski definition) is 6. The van der Waals surface area contributed by atoms with E-state index in [1.807, 2.05) is 173 Å². The van der Waals surface area contributed by atoms with Crippen LogP contribution in [0, 0.1) is 26.0 Å². The summed E-state index contributed by atoms with van der Waals surface area (Å²) in [6.45, 7) is 3.77. The Hall–Kier alpha value is -9.37. The van der Waals surface area contributed by atoms with Crippen molar-refractivity contribution in [1.82, 2.24) is 19.6 Å². The Bertz CT molecular complexity index is 4840. The number of hydrogen-bond acceptors (Lipinski definition) is 36.